The predicted molar refractivity (Wildman–Crippen MR) is 146 cm³/mol. The molecule has 7 nitrogen and oxygen atoms in total. The van der Waals surface area contributed by atoms with Crippen molar-refractivity contribution in [2.24, 2.45) is 17.8 Å². The van der Waals surface area contributed by atoms with E-state index in [2.05, 4.69) is 20.1 Å². The number of fused-ring (bicyclic) bond motifs is 1. The Balaban J connectivity index is 1.66. The fraction of sp³-hybridized carbons (Fsp3) is 0.759. The summed E-state index contributed by atoms with van der Waals surface area (Å²) in [6.45, 7) is 12.1. The van der Waals surface area contributed by atoms with Gasteiger partial charge < -0.3 is 19.6 Å². The van der Waals surface area contributed by atoms with Gasteiger partial charge in [-0.15, -0.1) is 24.9 Å². The van der Waals surface area contributed by atoms with E-state index in [4.69, 9.17) is 4.74 Å². The van der Waals surface area contributed by atoms with Crippen LogP contribution in [0.15, 0.2) is 25.3 Å². The highest BCUT2D eigenvalue weighted by Crippen LogP contribution is 2.69. The third kappa shape index (κ3) is 4.88. The van der Waals surface area contributed by atoms with Crippen LogP contribution in [-0.2, 0) is 19.1 Å². The molecule has 206 valence electrons. The van der Waals surface area contributed by atoms with Gasteiger partial charge in [-0.25, -0.2) is 0 Å². The summed E-state index contributed by atoms with van der Waals surface area (Å²) >= 11 is 1.66. The van der Waals surface area contributed by atoms with Gasteiger partial charge in [0, 0.05) is 17.8 Å². The van der Waals surface area contributed by atoms with Gasteiger partial charge >= 0.3 is 5.97 Å². The van der Waals surface area contributed by atoms with Crippen molar-refractivity contribution in [1.29, 1.82) is 0 Å². The Morgan fingerprint density at radius 3 is 2.62 bits per heavy atom. The fourth-order valence-corrected chi connectivity index (χ4v) is 9.73. The first-order valence-electron chi connectivity index (χ1n) is 14.1. The van der Waals surface area contributed by atoms with Crippen LogP contribution in [0.2, 0.25) is 0 Å². The second kappa shape index (κ2) is 11.9. The number of ether oxygens (including phenoxy) is 1. The number of thioether (sulfide) groups is 1. The van der Waals surface area contributed by atoms with Crippen LogP contribution in [0.4, 0.5) is 0 Å². The van der Waals surface area contributed by atoms with Gasteiger partial charge in [0.1, 0.15) is 6.04 Å². The van der Waals surface area contributed by atoms with Crippen LogP contribution in [0, 0.1) is 17.8 Å². The Hall–Kier alpha value is -1.80. The maximum Gasteiger partial charge on any atom is 0.310 e. The lowest BCUT2D eigenvalue weighted by Crippen LogP contribution is -2.60. The first-order chi connectivity index (χ1) is 17.8. The molecule has 3 unspecified atom stereocenters. The van der Waals surface area contributed by atoms with E-state index < -0.39 is 28.7 Å². The number of likely N-dealkylation sites (tertiary alicyclic amines) is 1. The van der Waals surface area contributed by atoms with E-state index >= 15 is 0 Å². The summed E-state index contributed by atoms with van der Waals surface area (Å²) in [4.78, 5) is 45.5. The monoisotopic (exact) mass is 532 g/mol. The molecular formula is C29H44N2O5S. The van der Waals surface area contributed by atoms with Gasteiger partial charge in [-0.2, -0.15) is 0 Å². The smallest absolute Gasteiger partial charge is 0.310 e. The first-order valence-corrected chi connectivity index (χ1v) is 15.0. The summed E-state index contributed by atoms with van der Waals surface area (Å²) < 4.78 is 5.01. The van der Waals surface area contributed by atoms with Gasteiger partial charge in [0.15, 0.2) is 0 Å². The number of allylic oxidation sites excluding steroid dienone is 1. The Morgan fingerprint density at radius 1 is 1.24 bits per heavy atom. The molecule has 2 bridgehead atoms. The molecule has 8 heteroatoms. The second-order valence-corrected chi connectivity index (χ2v) is 12.9. The molecule has 4 rings (SSSR count). The predicted octanol–water partition coefficient (Wildman–Crippen LogP) is 3.95. The first kappa shape index (κ1) is 28.2. The summed E-state index contributed by atoms with van der Waals surface area (Å²) in [7, 11) is 0. The van der Waals surface area contributed by atoms with Crippen LogP contribution in [0.3, 0.4) is 0 Å². The summed E-state index contributed by atoms with van der Waals surface area (Å²) in [5, 5.41) is 10.1. The minimum atomic E-state index is -0.704. The van der Waals surface area contributed by atoms with Gasteiger partial charge in [-0.05, 0) is 51.4 Å². The lowest BCUT2D eigenvalue weighted by atomic mass is 9.66. The molecule has 7 atom stereocenters. The van der Waals surface area contributed by atoms with Crippen LogP contribution < -0.4 is 0 Å². The maximum absolute atomic E-state index is 14.5. The number of esters is 1. The molecule has 0 aromatic heterocycles. The number of amides is 2. The second-order valence-electron chi connectivity index (χ2n) is 11.4. The lowest BCUT2D eigenvalue weighted by Gasteiger charge is -2.43. The highest BCUT2D eigenvalue weighted by Gasteiger charge is 2.77. The van der Waals surface area contributed by atoms with Crippen LogP contribution in [0.1, 0.15) is 71.6 Å². The molecule has 3 heterocycles. The van der Waals surface area contributed by atoms with Crippen molar-refractivity contribution in [3.63, 3.8) is 0 Å². The average molecular weight is 533 g/mol. The summed E-state index contributed by atoms with van der Waals surface area (Å²) in [5.41, 5.74) is 0. The van der Waals surface area contributed by atoms with Crippen LogP contribution >= 0.6 is 11.8 Å². The van der Waals surface area contributed by atoms with Gasteiger partial charge in [-0.3, -0.25) is 14.4 Å². The highest BCUT2D eigenvalue weighted by atomic mass is 32.2. The molecule has 1 aliphatic carbocycles. The van der Waals surface area contributed by atoms with Crippen LogP contribution in [0.25, 0.3) is 0 Å². The molecule has 4 fully saturated rings. The molecule has 1 N–H and O–H groups in total. The molecule has 0 aromatic carbocycles. The van der Waals surface area contributed by atoms with Gasteiger partial charge in [0.05, 0.1) is 35.8 Å². The van der Waals surface area contributed by atoms with E-state index in [1.807, 2.05) is 11.0 Å². The van der Waals surface area contributed by atoms with Gasteiger partial charge in [-0.1, -0.05) is 38.3 Å². The number of carbonyl (C=O) groups is 3. The van der Waals surface area contributed by atoms with Crippen molar-refractivity contribution in [3.8, 4) is 0 Å². The zero-order chi connectivity index (χ0) is 26.7. The SMILES string of the molecule is C=CCCCCOC(=O)[C@@H]1[C@@H]2CC(C)C3(S2)C(C(=O)N(CC=C)C2CCCCC2)N([C@H](C)CO)C(=O)[C@H]13. The third-order valence-electron chi connectivity index (χ3n) is 9.10. The number of carbonyl (C=O) groups excluding carboxylic acids is 3. The Kier molecular flexibility index (Phi) is 9.10. The summed E-state index contributed by atoms with van der Waals surface area (Å²) in [5.74, 6) is -1.62. The van der Waals surface area contributed by atoms with Crippen molar-refractivity contribution in [1.82, 2.24) is 9.80 Å². The van der Waals surface area contributed by atoms with E-state index in [9.17, 15) is 19.5 Å². The quantitative estimate of drug-likeness (QED) is 0.233. The summed E-state index contributed by atoms with van der Waals surface area (Å²) in [6.07, 6.45) is 12.2. The van der Waals surface area contributed by atoms with Crippen molar-refractivity contribution >= 4 is 29.5 Å². The molecular weight excluding hydrogens is 488 g/mol. The molecule has 3 saturated heterocycles. The Morgan fingerprint density at radius 2 is 1.97 bits per heavy atom. The topological polar surface area (TPSA) is 87.2 Å². The van der Waals surface area contributed by atoms with Crippen molar-refractivity contribution in [3.05, 3.63) is 25.3 Å². The highest BCUT2D eigenvalue weighted by molar-refractivity contribution is 8.02. The maximum atomic E-state index is 14.5. The number of aliphatic hydroxyl groups excluding tert-OH is 1. The average Bonchev–Trinajstić information content (AvgIpc) is 3.50. The minimum Gasteiger partial charge on any atom is -0.465 e. The zero-order valence-corrected chi connectivity index (χ0v) is 23.3. The number of hydrogen-bond donors (Lipinski definition) is 1. The number of rotatable bonds is 12. The molecule has 0 aromatic rings. The number of aliphatic hydroxyl groups is 1. The fourth-order valence-electron chi connectivity index (χ4n) is 7.34. The van der Waals surface area contributed by atoms with Crippen molar-refractivity contribution < 1.29 is 24.2 Å². The number of nitrogens with zero attached hydrogens (tertiary/aromatic N) is 2. The lowest BCUT2D eigenvalue weighted by molar-refractivity contribution is -0.155. The summed E-state index contributed by atoms with van der Waals surface area (Å²) in [6, 6.07) is -1.09. The zero-order valence-electron chi connectivity index (χ0n) is 22.5. The van der Waals surface area contributed by atoms with E-state index in [0.29, 0.717) is 13.2 Å². The van der Waals surface area contributed by atoms with Crippen molar-refractivity contribution in [2.75, 3.05) is 19.8 Å². The van der Waals surface area contributed by atoms with Gasteiger partial charge in [0.25, 0.3) is 0 Å². The largest absolute Gasteiger partial charge is 0.465 e. The number of hydrogen-bond acceptors (Lipinski definition) is 6. The van der Waals surface area contributed by atoms with Crippen molar-refractivity contribution in [2.45, 2.75) is 99.8 Å². The molecule has 37 heavy (non-hydrogen) atoms. The molecule has 1 saturated carbocycles. The third-order valence-corrected chi connectivity index (χ3v) is 11.2. The molecule has 3 aliphatic heterocycles. The number of unbranched alkanes of at least 4 members (excludes halogenated alkanes) is 2. The molecule has 1 spiro atoms. The standard InChI is InChI=1S/C29H44N2O5S/c1-5-7-8-12-16-36-28(35)23-22-17-19(3)29(37-22)24(23)26(33)31(20(4)18-32)25(29)27(34)30(15-6-2)21-13-10-9-11-14-21/h5-6,19-25,32H,1-2,7-18H2,3-4H3/t19?,20-,22+,23-,24+,25?,29?/m1/s1. The van der Waals surface area contributed by atoms with E-state index in [1.54, 1.807) is 29.7 Å². The molecule has 0 radical (unpaired) electrons. The Labute approximate surface area is 226 Å². The van der Waals surface area contributed by atoms with E-state index in [-0.39, 0.29) is 41.6 Å². The van der Waals surface area contributed by atoms with E-state index in [1.165, 1.54) is 6.42 Å². The molecule has 2 amide bonds. The Bertz CT molecular complexity index is 890. The van der Waals surface area contributed by atoms with E-state index in [0.717, 1.165) is 51.4 Å². The van der Waals surface area contributed by atoms with Crippen LogP contribution in [-0.4, -0.2) is 80.6 Å². The minimum absolute atomic E-state index is 0.0333. The molecule has 4 aliphatic rings. The van der Waals surface area contributed by atoms with Gasteiger partial charge in [0.2, 0.25) is 11.8 Å². The normalized spacial score (nSPS) is 33.8. The van der Waals surface area contributed by atoms with Crippen LogP contribution in [0.5, 0.6) is 0 Å².